The lowest BCUT2D eigenvalue weighted by Gasteiger charge is -2.07. The Bertz CT molecular complexity index is 915. The van der Waals surface area contributed by atoms with Crippen molar-refractivity contribution in [1.29, 1.82) is 0 Å². The Morgan fingerprint density at radius 1 is 0.963 bits per heavy atom. The summed E-state index contributed by atoms with van der Waals surface area (Å²) >= 11 is 0. The van der Waals surface area contributed by atoms with E-state index in [2.05, 4.69) is 5.32 Å². The van der Waals surface area contributed by atoms with Crippen molar-refractivity contribution in [2.45, 2.75) is 0 Å². The number of carbonyl (C=O) groups excluding carboxylic acids is 3. The van der Waals surface area contributed by atoms with Crippen LogP contribution in [0.25, 0.3) is 0 Å². The van der Waals surface area contributed by atoms with Crippen LogP contribution in [0.1, 0.15) is 20.7 Å². The molecule has 0 saturated carbocycles. The Kier molecular flexibility index (Phi) is 5.30. The van der Waals surface area contributed by atoms with E-state index in [4.69, 9.17) is 14.2 Å². The number of fused-ring (bicyclic) bond motifs is 1. The topological polar surface area (TPSA) is 90.9 Å². The Morgan fingerprint density at radius 3 is 2.48 bits per heavy atom. The first kappa shape index (κ1) is 18.3. The van der Waals surface area contributed by atoms with Crippen molar-refractivity contribution in [3.8, 4) is 11.5 Å². The molecule has 2 aromatic rings. The van der Waals surface area contributed by atoms with E-state index in [1.807, 2.05) is 0 Å². The van der Waals surface area contributed by atoms with Crippen LogP contribution in [0.4, 0.5) is 8.78 Å². The summed E-state index contributed by atoms with van der Waals surface area (Å²) in [6.07, 6.45) is 0. The standard InChI is InChI=1S/C18H13F2NO6/c19-12-3-1-10(5-13(12)20)14(22)8-25-17(23)7-21-18(24)11-2-4-15-16(6-11)27-9-26-15/h1-6H,7-9H2,(H,21,24). The summed E-state index contributed by atoms with van der Waals surface area (Å²) in [7, 11) is 0. The molecule has 140 valence electrons. The molecule has 1 amide bonds. The number of amides is 1. The van der Waals surface area contributed by atoms with E-state index in [1.54, 1.807) is 6.07 Å². The first-order valence-electron chi connectivity index (χ1n) is 7.76. The predicted octanol–water partition coefficient (Wildman–Crippen LogP) is 1.85. The third kappa shape index (κ3) is 4.38. The number of ketones is 1. The molecule has 0 unspecified atom stereocenters. The fourth-order valence-corrected chi connectivity index (χ4v) is 2.24. The van der Waals surface area contributed by atoms with Gasteiger partial charge < -0.3 is 19.5 Å². The van der Waals surface area contributed by atoms with Crippen molar-refractivity contribution in [2.24, 2.45) is 0 Å². The third-order valence-corrected chi connectivity index (χ3v) is 3.63. The van der Waals surface area contributed by atoms with Crippen molar-refractivity contribution >= 4 is 17.7 Å². The Morgan fingerprint density at radius 2 is 1.70 bits per heavy atom. The van der Waals surface area contributed by atoms with Gasteiger partial charge in [0.2, 0.25) is 6.79 Å². The first-order chi connectivity index (χ1) is 12.9. The van der Waals surface area contributed by atoms with Gasteiger partial charge in [0.25, 0.3) is 5.91 Å². The molecule has 9 heteroatoms. The highest BCUT2D eigenvalue weighted by Gasteiger charge is 2.17. The minimum absolute atomic E-state index is 0.0682. The van der Waals surface area contributed by atoms with E-state index in [0.717, 1.165) is 12.1 Å². The van der Waals surface area contributed by atoms with Crippen LogP contribution in [0.15, 0.2) is 36.4 Å². The second kappa shape index (κ2) is 7.81. The maximum atomic E-state index is 13.1. The number of benzene rings is 2. The quantitative estimate of drug-likeness (QED) is 0.610. The summed E-state index contributed by atoms with van der Waals surface area (Å²) in [4.78, 5) is 35.5. The molecule has 3 rings (SSSR count). The number of hydrogen-bond donors (Lipinski definition) is 1. The molecule has 0 saturated heterocycles. The Hall–Kier alpha value is -3.49. The second-order valence-corrected chi connectivity index (χ2v) is 5.46. The molecule has 0 bridgehead atoms. The molecular weight excluding hydrogens is 364 g/mol. The second-order valence-electron chi connectivity index (χ2n) is 5.46. The summed E-state index contributed by atoms with van der Waals surface area (Å²) in [5.74, 6) is -3.44. The van der Waals surface area contributed by atoms with Gasteiger partial charge in [-0.3, -0.25) is 14.4 Å². The molecule has 0 radical (unpaired) electrons. The van der Waals surface area contributed by atoms with Crippen LogP contribution >= 0.6 is 0 Å². The lowest BCUT2D eigenvalue weighted by Crippen LogP contribution is -2.31. The summed E-state index contributed by atoms with van der Waals surface area (Å²) < 4.78 is 40.9. The molecule has 0 atom stereocenters. The third-order valence-electron chi connectivity index (χ3n) is 3.63. The van der Waals surface area contributed by atoms with Crippen LogP contribution in [0.2, 0.25) is 0 Å². The molecule has 0 fully saturated rings. The monoisotopic (exact) mass is 377 g/mol. The summed E-state index contributed by atoms with van der Waals surface area (Å²) in [6.45, 7) is -1.07. The van der Waals surface area contributed by atoms with Crippen LogP contribution in [0.3, 0.4) is 0 Å². The van der Waals surface area contributed by atoms with Gasteiger partial charge in [-0.1, -0.05) is 0 Å². The molecule has 7 nitrogen and oxygen atoms in total. The zero-order chi connectivity index (χ0) is 19.4. The molecule has 0 aromatic heterocycles. The van der Waals surface area contributed by atoms with E-state index in [1.165, 1.54) is 12.1 Å². The number of hydrogen-bond acceptors (Lipinski definition) is 6. The van der Waals surface area contributed by atoms with Gasteiger partial charge in [0.1, 0.15) is 6.54 Å². The normalized spacial score (nSPS) is 11.8. The smallest absolute Gasteiger partial charge is 0.325 e. The van der Waals surface area contributed by atoms with Crippen molar-refractivity contribution in [2.75, 3.05) is 19.9 Å². The fraction of sp³-hybridized carbons (Fsp3) is 0.167. The molecule has 0 aliphatic carbocycles. The maximum absolute atomic E-state index is 13.1. The van der Waals surface area contributed by atoms with Crippen LogP contribution in [0.5, 0.6) is 11.5 Å². The molecule has 1 aliphatic rings. The lowest BCUT2D eigenvalue weighted by molar-refractivity contribution is -0.141. The SMILES string of the molecule is O=C(CNC(=O)c1ccc2c(c1)OCO2)OCC(=O)c1ccc(F)c(F)c1. The van der Waals surface area contributed by atoms with E-state index in [-0.39, 0.29) is 17.9 Å². The van der Waals surface area contributed by atoms with Crippen molar-refractivity contribution < 1.29 is 37.4 Å². The number of Topliss-reactive ketones (excluding diaryl/α,β-unsaturated/α-hetero) is 1. The highest BCUT2D eigenvalue weighted by atomic mass is 19.2. The Balaban J connectivity index is 1.47. The van der Waals surface area contributed by atoms with Crippen molar-refractivity contribution in [3.63, 3.8) is 0 Å². The lowest BCUT2D eigenvalue weighted by atomic mass is 10.1. The molecule has 0 spiro atoms. The predicted molar refractivity (Wildman–Crippen MR) is 86.5 cm³/mol. The average molecular weight is 377 g/mol. The average Bonchev–Trinajstić information content (AvgIpc) is 3.14. The number of carbonyl (C=O) groups is 3. The van der Waals surface area contributed by atoms with Crippen molar-refractivity contribution in [1.82, 2.24) is 5.32 Å². The number of ether oxygens (including phenoxy) is 3. The van der Waals surface area contributed by atoms with Crippen LogP contribution < -0.4 is 14.8 Å². The van der Waals surface area contributed by atoms with E-state index >= 15 is 0 Å². The number of esters is 1. The van der Waals surface area contributed by atoms with Gasteiger partial charge in [-0.25, -0.2) is 8.78 Å². The van der Waals surface area contributed by atoms with E-state index in [0.29, 0.717) is 17.6 Å². The molecule has 27 heavy (non-hydrogen) atoms. The maximum Gasteiger partial charge on any atom is 0.325 e. The van der Waals surface area contributed by atoms with Gasteiger partial charge in [-0.15, -0.1) is 0 Å². The van der Waals surface area contributed by atoms with Gasteiger partial charge >= 0.3 is 5.97 Å². The highest BCUT2D eigenvalue weighted by Crippen LogP contribution is 2.32. The molecule has 1 heterocycles. The van der Waals surface area contributed by atoms with Gasteiger partial charge in [-0.2, -0.15) is 0 Å². The highest BCUT2D eigenvalue weighted by molar-refractivity contribution is 5.99. The van der Waals surface area contributed by atoms with E-state index in [9.17, 15) is 23.2 Å². The van der Waals surface area contributed by atoms with Gasteiger partial charge in [0.15, 0.2) is 35.5 Å². The molecule has 2 aromatic carbocycles. The molecule has 1 aliphatic heterocycles. The number of halogens is 2. The van der Waals surface area contributed by atoms with Gasteiger partial charge in [-0.05, 0) is 36.4 Å². The van der Waals surface area contributed by atoms with Gasteiger partial charge in [0.05, 0.1) is 0 Å². The van der Waals surface area contributed by atoms with Gasteiger partial charge in [0, 0.05) is 11.1 Å². The zero-order valence-electron chi connectivity index (χ0n) is 13.8. The summed E-state index contributed by atoms with van der Waals surface area (Å²) in [6, 6.07) is 7.13. The zero-order valence-corrected chi connectivity index (χ0v) is 13.8. The summed E-state index contributed by atoms with van der Waals surface area (Å²) in [5, 5.41) is 2.34. The molecule has 1 N–H and O–H groups in total. The number of rotatable bonds is 6. The minimum atomic E-state index is -1.18. The van der Waals surface area contributed by atoms with Crippen LogP contribution in [-0.2, 0) is 9.53 Å². The fourth-order valence-electron chi connectivity index (χ4n) is 2.24. The van der Waals surface area contributed by atoms with Crippen LogP contribution in [0, 0.1) is 11.6 Å². The summed E-state index contributed by atoms with van der Waals surface area (Å²) in [5.41, 5.74) is 0.121. The Labute approximate surface area is 151 Å². The first-order valence-corrected chi connectivity index (χ1v) is 7.76. The van der Waals surface area contributed by atoms with Crippen LogP contribution in [-0.4, -0.2) is 37.6 Å². The number of nitrogens with one attached hydrogen (secondary N) is 1. The van der Waals surface area contributed by atoms with E-state index < -0.39 is 42.4 Å². The van der Waals surface area contributed by atoms with Crippen molar-refractivity contribution in [3.05, 3.63) is 59.2 Å². The molecular formula is C18H13F2NO6. The largest absolute Gasteiger partial charge is 0.456 e. The minimum Gasteiger partial charge on any atom is -0.456 e.